The maximum atomic E-state index is 13.1. The molecule has 0 spiro atoms. The van der Waals surface area contributed by atoms with Gasteiger partial charge >= 0.3 is 5.97 Å². The normalized spacial score (nSPS) is 13.8. The van der Waals surface area contributed by atoms with E-state index in [1.807, 2.05) is 18.2 Å². The van der Waals surface area contributed by atoms with E-state index in [1.165, 1.54) is 37.4 Å². The van der Waals surface area contributed by atoms with Gasteiger partial charge in [0.15, 0.2) is 18.1 Å². The van der Waals surface area contributed by atoms with Crippen molar-refractivity contribution >= 4 is 17.6 Å². The number of nitriles is 1. The van der Waals surface area contributed by atoms with Crippen molar-refractivity contribution in [3.8, 4) is 34.8 Å². The minimum Gasteiger partial charge on any atom is -0.493 e. The van der Waals surface area contributed by atoms with Crippen LogP contribution in [0, 0.1) is 17.1 Å². The zero-order valence-electron chi connectivity index (χ0n) is 22.3. The van der Waals surface area contributed by atoms with Crippen LogP contribution in [-0.2, 0) is 11.4 Å². The molecule has 8 nitrogen and oxygen atoms in total. The van der Waals surface area contributed by atoms with Crippen LogP contribution in [-0.4, -0.2) is 19.7 Å². The first-order valence-corrected chi connectivity index (χ1v) is 13.1. The minimum absolute atomic E-state index is 0.0693. The SMILES string of the molecule is COc1cc(C2C(C#N)=C(N)Oc3cc(OC(=O)COc4ccc(F)cc4)ccc32)ccc1OCc1ccc(Cl)cc1. The second-order valence-electron chi connectivity index (χ2n) is 9.17. The first-order valence-electron chi connectivity index (χ1n) is 12.7. The average Bonchev–Trinajstić information content (AvgIpc) is 2.99. The van der Waals surface area contributed by atoms with Gasteiger partial charge < -0.3 is 29.4 Å². The number of halogens is 2. The number of esters is 1. The number of methoxy groups -OCH3 is 1. The molecule has 0 saturated carbocycles. The molecular weight excluding hydrogens is 563 g/mol. The Morgan fingerprint density at radius 1 is 0.976 bits per heavy atom. The molecule has 1 aliphatic heterocycles. The molecule has 1 aliphatic rings. The Bertz CT molecular complexity index is 1680. The lowest BCUT2D eigenvalue weighted by molar-refractivity contribution is -0.136. The third-order valence-electron chi connectivity index (χ3n) is 6.42. The highest BCUT2D eigenvalue weighted by Gasteiger charge is 2.32. The summed E-state index contributed by atoms with van der Waals surface area (Å²) < 4.78 is 41.1. The largest absolute Gasteiger partial charge is 0.493 e. The summed E-state index contributed by atoms with van der Waals surface area (Å²) in [7, 11) is 1.53. The zero-order valence-corrected chi connectivity index (χ0v) is 23.1. The fourth-order valence-corrected chi connectivity index (χ4v) is 4.53. The third kappa shape index (κ3) is 6.40. The molecule has 4 aromatic carbocycles. The molecule has 212 valence electrons. The van der Waals surface area contributed by atoms with Crippen molar-refractivity contribution in [2.45, 2.75) is 12.5 Å². The summed E-state index contributed by atoms with van der Waals surface area (Å²) in [6, 6.07) is 24.9. The number of benzene rings is 4. The fraction of sp³-hybridized carbons (Fsp3) is 0.125. The number of allylic oxidation sites excluding steroid dienone is 1. The van der Waals surface area contributed by atoms with E-state index in [0.717, 1.165) is 5.56 Å². The molecule has 0 aliphatic carbocycles. The molecule has 0 radical (unpaired) electrons. The molecule has 5 rings (SSSR count). The van der Waals surface area contributed by atoms with Crippen LogP contribution in [0.3, 0.4) is 0 Å². The molecule has 0 saturated heterocycles. The maximum Gasteiger partial charge on any atom is 0.349 e. The topological polar surface area (TPSA) is 113 Å². The number of fused-ring (bicyclic) bond motifs is 1. The summed E-state index contributed by atoms with van der Waals surface area (Å²) >= 11 is 5.96. The van der Waals surface area contributed by atoms with Crippen LogP contribution >= 0.6 is 11.6 Å². The Hall–Kier alpha value is -5.20. The molecule has 0 amide bonds. The van der Waals surface area contributed by atoms with Crippen LogP contribution in [0.5, 0.6) is 28.7 Å². The molecule has 2 N–H and O–H groups in total. The average molecular weight is 587 g/mol. The maximum absolute atomic E-state index is 13.1. The van der Waals surface area contributed by atoms with Gasteiger partial charge in [-0.1, -0.05) is 35.9 Å². The lowest BCUT2D eigenvalue weighted by Crippen LogP contribution is -2.21. The van der Waals surface area contributed by atoms with Crippen molar-refractivity contribution in [3.63, 3.8) is 0 Å². The van der Waals surface area contributed by atoms with Crippen LogP contribution in [0.15, 0.2) is 96.4 Å². The van der Waals surface area contributed by atoms with Crippen molar-refractivity contribution in [2.75, 3.05) is 13.7 Å². The van der Waals surface area contributed by atoms with Crippen molar-refractivity contribution in [1.82, 2.24) is 0 Å². The molecule has 1 unspecified atom stereocenters. The Balaban J connectivity index is 1.35. The number of carbonyl (C=O) groups is 1. The first kappa shape index (κ1) is 28.3. The van der Waals surface area contributed by atoms with Crippen molar-refractivity contribution < 1.29 is 32.9 Å². The molecule has 10 heteroatoms. The highest BCUT2D eigenvalue weighted by molar-refractivity contribution is 6.30. The number of carbonyl (C=O) groups excluding carboxylic acids is 1. The van der Waals surface area contributed by atoms with E-state index in [2.05, 4.69) is 6.07 Å². The number of hydrogen-bond donors (Lipinski definition) is 1. The lowest BCUT2D eigenvalue weighted by Gasteiger charge is -2.27. The third-order valence-corrected chi connectivity index (χ3v) is 6.67. The van der Waals surface area contributed by atoms with Gasteiger partial charge in [-0.15, -0.1) is 0 Å². The van der Waals surface area contributed by atoms with E-state index in [-0.39, 0.29) is 23.8 Å². The van der Waals surface area contributed by atoms with Crippen LogP contribution in [0.4, 0.5) is 4.39 Å². The smallest absolute Gasteiger partial charge is 0.349 e. The molecule has 42 heavy (non-hydrogen) atoms. The van der Waals surface area contributed by atoms with Crippen LogP contribution in [0.25, 0.3) is 0 Å². The molecule has 0 fully saturated rings. The van der Waals surface area contributed by atoms with E-state index in [1.54, 1.807) is 36.4 Å². The van der Waals surface area contributed by atoms with Gasteiger partial charge in [-0.3, -0.25) is 0 Å². The van der Waals surface area contributed by atoms with E-state index < -0.39 is 17.7 Å². The molecule has 1 heterocycles. The van der Waals surface area contributed by atoms with Gasteiger partial charge in [0.25, 0.3) is 0 Å². The number of nitrogens with two attached hydrogens (primary N) is 1. The molecule has 0 bridgehead atoms. The second kappa shape index (κ2) is 12.5. The van der Waals surface area contributed by atoms with Crippen LogP contribution in [0.1, 0.15) is 22.6 Å². The van der Waals surface area contributed by atoms with Gasteiger partial charge in [0.2, 0.25) is 5.88 Å². The number of ether oxygens (including phenoxy) is 5. The van der Waals surface area contributed by atoms with E-state index in [0.29, 0.717) is 45.8 Å². The van der Waals surface area contributed by atoms with E-state index in [9.17, 15) is 14.4 Å². The Kier molecular flexibility index (Phi) is 8.46. The summed E-state index contributed by atoms with van der Waals surface area (Å²) in [4.78, 5) is 12.4. The monoisotopic (exact) mass is 586 g/mol. The quantitative estimate of drug-likeness (QED) is 0.180. The summed E-state index contributed by atoms with van der Waals surface area (Å²) in [5.41, 5.74) is 8.65. The summed E-state index contributed by atoms with van der Waals surface area (Å²) in [5.74, 6) is 0.0867. The molecular formula is C32H24ClFN2O6. The highest BCUT2D eigenvalue weighted by atomic mass is 35.5. The Labute approximate surface area is 246 Å². The predicted molar refractivity (Wildman–Crippen MR) is 152 cm³/mol. The molecule has 0 aromatic heterocycles. The standard InChI is InChI=1S/C32H24ClFN2O6/c1-38-29-14-20(4-13-27(29)40-17-19-2-5-21(33)6-3-19)31-25-12-11-24(15-28(25)42-32(36)26(31)16-35)41-30(37)18-39-23-9-7-22(34)8-10-23/h2-15,31H,17-18,36H2,1H3. The number of rotatable bonds is 9. The fourth-order valence-electron chi connectivity index (χ4n) is 4.40. The first-order chi connectivity index (χ1) is 20.3. The van der Waals surface area contributed by atoms with Crippen molar-refractivity contribution in [2.24, 2.45) is 5.73 Å². The second-order valence-corrected chi connectivity index (χ2v) is 9.60. The highest BCUT2D eigenvalue weighted by Crippen LogP contribution is 2.45. The van der Waals surface area contributed by atoms with Gasteiger partial charge in [0, 0.05) is 16.7 Å². The Morgan fingerprint density at radius 2 is 1.71 bits per heavy atom. The van der Waals surface area contributed by atoms with Crippen molar-refractivity contribution in [1.29, 1.82) is 5.26 Å². The zero-order chi connectivity index (χ0) is 29.6. The van der Waals surface area contributed by atoms with Gasteiger partial charge in [0.1, 0.15) is 41.3 Å². The number of hydrogen-bond acceptors (Lipinski definition) is 8. The summed E-state index contributed by atoms with van der Waals surface area (Å²) in [6.45, 7) is -0.0846. The summed E-state index contributed by atoms with van der Waals surface area (Å²) in [6.07, 6.45) is 0. The van der Waals surface area contributed by atoms with E-state index >= 15 is 0 Å². The van der Waals surface area contributed by atoms with Crippen molar-refractivity contribution in [3.05, 3.63) is 124 Å². The van der Waals surface area contributed by atoms with Crippen LogP contribution < -0.4 is 29.4 Å². The number of nitrogens with zero attached hydrogens (tertiary/aromatic N) is 1. The molecule has 1 atom stereocenters. The van der Waals surface area contributed by atoms with E-state index in [4.69, 9.17) is 41.0 Å². The van der Waals surface area contributed by atoms with Gasteiger partial charge in [-0.25, -0.2) is 9.18 Å². The van der Waals surface area contributed by atoms with Gasteiger partial charge in [0.05, 0.1) is 13.0 Å². The van der Waals surface area contributed by atoms with Crippen LogP contribution in [0.2, 0.25) is 5.02 Å². The van der Waals surface area contributed by atoms with Gasteiger partial charge in [-0.05, 0) is 65.7 Å². The predicted octanol–water partition coefficient (Wildman–Crippen LogP) is 6.27. The van der Waals surface area contributed by atoms with Gasteiger partial charge in [-0.2, -0.15) is 5.26 Å². The lowest BCUT2D eigenvalue weighted by atomic mass is 9.83. The minimum atomic E-state index is -0.674. The summed E-state index contributed by atoms with van der Waals surface area (Å²) in [5, 5.41) is 10.6. The Morgan fingerprint density at radius 3 is 2.43 bits per heavy atom. The molecule has 4 aromatic rings.